The first-order valence-electron chi connectivity index (χ1n) is 10.3. The third-order valence-electron chi connectivity index (χ3n) is 4.50. The number of anilines is 1. The topological polar surface area (TPSA) is 232 Å². The van der Waals surface area contributed by atoms with Crippen molar-refractivity contribution in [2.75, 3.05) is 24.4 Å². The summed E-state index contributed by atoms with van der Waals surface area (Å²) in [5, 5.41) is 15.8. The van der Waals surface area contributed by atoms with Gasteiger partial charge in [-0.2, -0.15) is 0 Å². The summed E-state index contributed by atoms with van der Waals surface area (Å²) < 4.78 is 28.1. The third-order valence-corrected chi connectivity index (χ3v) is 6.78. The van der Waals surface area contributed by atoms with Gasteiger partial charge in [0.1, 0.15) is 10.9 Å². The lowest BCUT2D eigenvalue weighted by atomic mass is 10.1. The van der Waals surface area contributed by atoms with Gasteiger partial charge in [0, 0.05) is 25.2 Å². The second-order valence-electron chi connectivity index (χ2n) is 7.15. The van der Waals surface area contributed by atoms with Gasteiger partial charge in [0.15, 0.2) is 5.96 Å². The molecule has 13 nitrogen and oxygen atoms in total. The molecule has 1 heterocycles. The molecule has 1 aromatic heterocycles. The number of aliphatic carboxylic acids is 1. The van der Waals surface area contributed by atoms with Gasteiger partial charge in [0.25, 0.3) is 21.8 Å². The van der Waals surface area contributed by atoms with Crippen LogP contribution in [0.3, 0.4) is 0 Å². The van der Waals surface area contributed by atoms with Crippen LogP contribution in [0.25, 0.3) is 0 Å². The van der Waals surface area contributed by atoms with E-state index >= 15 is 0 Å². The zero-order valence-electron chi connectivity index (χ0n) is 18.6. The van der Waals surface area contributed by atoms with Gasteiger partial charge < -0.3 is 32.9 Å². The molecule has 35 heavy (non-hydrogen) atoms. The van der Waals surface area contributed by atoms with Gasteiger partial charge in [-0.15, -0.1) is 11.3 Å². The predicted octanol–water partition coefficient (Wildman–Crippen LogP) is -0.526. The largest absolute Gasteiger partial charge is 0.480 e. The number of carbonyl (C=O) groups is 3. The number of benzene rings is 1. The van der Waals surface area contributed by atoms with Crippen LogP contribution in [0, 0.1) is 0 Å². The number of guanidine groups is 1. The molecular weight excluding hydrogens is 498 g/mol. The standard InChI is InChI=1S/C20H27N7O6S2/c21-7-9-24-17(28)12-3-1-4-13(11-12)35(32,33)27-14-6-10-34-16(14)18(29)26-15(19(30)31)5-2-8-25-20(22)23/h1,3-4,6,10-11,15,27H,2,5,7-9,21H2,(H,24,28)(H,26,29)(H,30,31)(H4,22,23,25)/t15-/m0/s1. The molecule has 1 aromatic carbocycles. The molecule has 0 bridgehead atoms. The Morgan fingerprint density at radius 1 is 1.14 bits per heavy atom. The fraction of sp³-hybridized carbons (Fsp3) is 0.300. The molecule has 0 aliphatic carbocycles. The van der Waals surface area contributed by atoms with E-state index in [0.717, 1.165) is 11.3 Å². The Morgan fingerprint density at radius 2 is 1.89 bits per heavy atom. The van der Waals surface area contributed by atoms with E-state index in [9.17, 15) is 27.9 Å². The normalized spacial score (nSPS) is 11.8. The van der Waals surface area contributed by atoms with E-state index in [1.807, 2.05) is 0 Å². The second kappa shape index (κ2) is 12.7. The van der Waals surface area contributed by atoms with Crippen LogP contribution in [0.2, 0.25) is 0 Å². The van der Waals surface area contributed by atoms with Crippen molar-refractivity contribution < 1.29 is 27.9 Å². The number of carboxylic acid groups (broad SMARTS) is 1. The maximum atomic E-state index is 12.9. The number of aliphatic imine (C=N–C) groups is 1. The molecule has 15 heteroatoms. The van der Waals surface area contributed by atoms with Gasteiger partial charge in [0.05, 0.1) is 10.6 Å². The molecule has 0 saturated heterocycles. The summed E-state index contributed by atoms with van der Waals surface area (Å²) in [5.41, 5.74) is 15.9. The summed E-state index contributed by atoms with van der Waals surface area (Å²) in [4.78, 5) is 39.9. The first-order chi connectivity index (χ1) is 16.5. The van der Waals surface area contributed by atoms with Crippen LogP contribution < -0.4 is 32.6 Å². The first kappa shape index (κ1) is 27.6. The van der Waals surface area contributed by atoms with E-state index in [-0.39, 0.29) is 53.0 Å². The Balaban J connectivity index is 2.15. The van der Waals surface area contributed by atoms with Crippen molar-refractivity contribution in [1.82, 2.24) is 10.6 Å². The van der Waals surface area contributed by atoms with Crippen LogP contribution in [-0.4, -0.2) is 62.9 Å². The van der Waals surface area contributed by atoms with Gasteiger partial charge in [-0.25, -0.2) is 13.2 Å². The minimum absolute atomic E-state index is 0.0270. The zero-order chi connectivity index (χ0) is 26.0. The molecule has 0 spiro atoms. The van der Waals surface area contributed by atoms with E-state index in [0.29, 0.717) is 6.42 Å². The van der Waals surface area contributed by atoms with Gasteiger partial charge in [-0.05, 0) is 42.5 Å². The fourth-order valence-electron chi connectivity index (χ4n) is 2.85. The average Bonchev–Trinajstić information content (AvgIpc) is 3.26. The zero-order valence-corrected chi connectivity index (χ0v) is 20.2. The summed E-state index contributed by atoms with van der Waals surface area (Å²) in [5.74, 6) is -2.63. The van der Waals surface area contributed by atoms with Crippen LogP contribution >= 0.6 is 11.3 Å². The molecule has 0 unspecified atom stereocenters. The highest BCUT2D eigenvalue weighted by Gasteiger charge is 2.25. The van der Waals surface area contributed by atoms with E-state index < -0.39 is 33.8 Å². The summed E-state index contributed by atoms with van der Waals surface area (Å²) in [7, 11) is -4.17. The van der Waals surface area contributed by atoms with Crippen LogP contribution in [0.15, 0.2) is 45.6 Å². The molecule has 0 saturated carbocycles. The number of hydrogen-bond donors (Lipinski definition) is 7. The highest BCUT2D eigenvalue weighted by Crippen LogP contribution is 2.26. The van der Waals surface area contributed by atoms with Crippen molar-refractivity contribution in [3.05, 3.63) is 46.2 Å². The number of amides is 2. The summed E-state index contributed by atoms with van der Waals surface area (Å²) >= 11 is 0.934. The fourth-order valence-corrected chi connectivity index (χ4v) is 4.78. The van der Waals surface area contributed by atoms with Crippen molar-refractivity contribution in [2.45, 2.75) is 23.8 Å². The molecule has 2 aromatic rings. The van der Waals surface area contributed by atoms with Gasteiger partial charge >= 0.3 is 5.97 Å². The Bertz CT molecular complexity index is 1190. The van der Waals surface area contributed by atoms with E-state index in [2.05, 4.69) is 20.3 Å². The molecule has 0 aliphatic rings. The minimum atomic E-state index is -4.17. The summed E-state index contributed by atoms with van der Waals surface area (Å²) in [6, 6.07) is 5.50. The van der Waals surface area contributed by atoms with Crippen LogP contribution in [0.4, 0.5) is 5.69 Å². The highest BCUT2D eigenvalue weighted by molar-refractivity contribution is 7.92. The number of rotatable bonds is 13. The molecule has 0 fully saturated rings. The SMILES string of the molecule is NCCNC(=O)c1cccc(S(=O)(=O)Nc2ccsc2C(=O)N[C@@H](CCCN=C(N)N)C(=O)O)c1. The lowest BCUT2D eigenvalue weighted by Gasteiger charge is -2.15. The molecule has 0 aliphatic heterocycles. The minimum Gasteiger partial charge on any atom is -0.480 e. The van der Waals surface area contributed by atoms with Crippen molar-refractivity contribution in [3.8, 4) is 0 Å². The second-order valence-corrected chi connectivity index (χ2v) is 9.75. The Morgan fingerprint density at radius 3 is 2.54 bits per heavy atom. The number of carboxylic acids is 1. The Kier molecular flexibility index (Phi) is 9.98. The number of thiophene rings is 1. The molecule has 10 N–H and O–H groups in total. The van der Waals surface area contributed by atoms with Crippen molar-refractivity contribution in [2.24, 2.45) is 22.2 Å². The van der Waals surface area contributed by atoms with E-state index in [1.54, 1.807) is 0 Å². The number of sulfonamides is 1. The van der Waals surface area contributed by atoms with Crippen LogP contribution in [-0.2, 0) is 14.8 Å². The summed E-state index contributed by atoms with van der Waals surface area (Å²) in [6.07, 6.45) is 0.359. The van der Waals surface area contributed by atoms with Crippen molar-refractivity contribution >= 4 is 50.8 Å². The molecule has 2 amide bonds. The van der Waals surface area contributed by atoms with Gasteiger partial charge in [-0.3, -0.25) is 19.3 Å². The number of nitrogens with one attached hydrogen (secondary N) is 3. The molecular formula is C20H27N7O6S2. The molecule has 1 atom stereocenters. The lowest BCUT2D eigenvalue weighted by molar-refractivity contribution is -0.139. The quantitative estimate of drug-likeness (QED) is 0.101. The molecule has 0 radical (unpaired) electrons. The average molecular weight is 526 g/mol. The Labute approximate surface area is 205 Å². The lowest BCUT2D eigenvalue weighted by Crippen LogP contribution is -2.40. The van der Waals surface area contributed by atoms with Crippen molar-refractivity contribution in [1.29, 1.82) is 0 Å². The van der Waals surface area contributed by atoms with Gasteiger partial charge in [0.2, 0.25) is 0 Å². The maximum Gasteiger partial charge on any atom is 0.326 e. The van der Waals surface area contributed by atoms with E-state index in [1.165, 1.54) is 35.7 Å². The first-order valence-corrected chi connectivity index (χ1v) is 12.7. The summed E-state index contributed by atoms with van der Waals surface area (Å²) in [6.45, 7) is 0.649. The van der Waals surface area contributed by atoms with Gasteiger partial charge in [-0.1, -0.05) is 6.07 Å². The third kappa shape index (κ3) is 8.24. The van der Waals surface area contributed by atoms with Crippen LogP contribution in [0.1, 0.15) is 32.9 Å². The number of hydrogen-bond acceptors (Lipinski definition) is 8. The predicted molar refractivity (Wildman–Crippen MR) is 132 cm³/mol. The van der Waals surface area contributed by atoms with Crippen molar-refractivity contribution in [3.63, 3.8) is 0 Å². The number of nitrogens with two attached hydrogens (primary N) is 3. The maximum absolute atomic E-state index is 12.9. The number of carbonyl (C=O) groups excluding carboxylic acids is 2. The molecule has 2 rings (SSSR count). The smallest absolute Gasteiger partial charge is 0.326 e. The Hall–Kier alpha value is -3.69. The molecule has 190 valence electrons. The highest BCUT2D eigenvalue weighted by atomic mass is 32.2. The van der Waals surface area contributed by atoms with Crippen LogP contribution in [0.5, 0.6) is 0 Å². The number of nitrogens with zero attached hydrogens (tertiary/aromatic N) is 1. The van der Waals surface area contributed by atoms with E-state index in [4.69, 9.17) is 17.2 Å². The monoisotopic (exact) mass is 525 g/mol.